The SMILES string of the molecule is CCCCCCCC/C=C\CCCCCCCCCCCCCCCC(=O)N[C@@H](CO[C@@H]1OC(CO)[C@@H](O[C@@H]2OC(CO)[C@H](O)[C@H](O[C@@H]3OC(CO)[C@@H](O)[C@H](O[C@@H]4OC(CO[C@]5(C(=O)O)CC(O)[C@@H](O)C([C@H](O)[C@H](O)CO)O5)[C@H](O)[C@H](O)C4O)C3NC(C)=O)C2O)[C@H](O)C1O)[C@H](O)/C=C/CCCCCCCCCCCCC. The number of carbonyl (C=O) groups excluding carboxylic acids is 2. The van der Waals surface area contributed by atoms with Crippen molar-refractivity contribution in [3.8, 4) is 0 Å². The molecule has 0 bridgehead atoms. The van der Waals surface area contributed by atoms with Crippen LogP contribution in [0.4, 0.5) is 0 Å². The first kappa shape index (κ1) is 99.4. The van der Waals surface area contributed by atoms with E-state index in [1.165, 1.54) is 148 Å². The Labute approximate surface area is 660 Å². The van der Waals surface area contributed by atoms with Gasteiger partial charge in [0.2, 0.25) is 11.8 Å². The molecule has 5 fully saturated rings. The lowest BCUT2D eigenvalue weighted by Crippen LogP contribution is -2.70. The molecule has 654 valence electrons. The summed E-state index contributed by atoms with van der Waals surface area (Å²) >= 11 is 0. The lowest BCUT2D eigenvalue weighted by atomic mass is 9.90. The minimum Gasteiger partial charge on any atom is -0.477 e. The standard InChI is InChI=1S/C79H142N2O31/c1-4-6-8-10-12-14-16-18-19-20-21-22-23-24-25-26-27-29-31-33-35-37-39-41-58(90)81-50(51(87)40-38-36-34-32-30-28-17-15-13-11-9-7-5-2)47-103-75-68(99)66(97)70(56(46-85)107-75)109-77-69(100)72(64(95)55(45-84)106-77)111-74-59(80-49(3)86)71(63(94)54(44-83)105-74)110-76-67(98)65(96)62(93)57(108-76)48-104-79(78(101)102)42-52(88)60(91)73(112-79)61(92)53(89)43-82/h18-19,38,40,50-57,59-77,82-85,87-89,91-100H,4-17,20-37,39,41-48H2,1-3H3,(H,80,86)(H,81,90)(H,101,102)/b19-18-,40-38+/t50-,51+,52?,53+,54?,55?,56?,57?,59?,60+,61+,62-,63+,64-,65-,66+,67?,68?,69?,70+,71+,72-,73?,74-,75+,76-,77-,79+/m0/s1. The molecule has 5 saturated heterocycles. The Morgan fingerprint density at radius 2 is 0.911 bits per heavy atom. The summed E-state index contributed by atoms with van der Waals surface area (Å²) in [5.74, 6) is -6.22. The van der Waals surface area contributed by atoms with Crippen LogP contribution in [0.2, 0.25) is 0 Å². The van der Waals surface area contributed by atoms with E-state index in [2.05, 4.69) is 36.6 Å². The first-order valence-corrected chi connectivity index (χ1v) is 41.7. The van der Waals surface area contributed by atoms with E-state index >= 15 is 0 Å². The molecule has 0 aromatic heterocycles. The van der Waals surface area contributed by atoms with E-state index in [4.69, 9.17) is 47.4 Å². The number of hydrogen-bond donors (Lipinski definition) is 20. The number of carboxylic acid groups (broad SMARTS) is 1. The van der Waals surface area contributed by atoms with Gasteiger partial charge in [0.15, 0.2) is 25.2 Å². The highest BCUT2D eigenvalue weighted by atomic mass is 16.8. The number of nitrogens with one attached hydrogen (secondary N) is 2. The van der Waals surface area contributed by atoms with Crippen molar-refractivity contribution in [2.45, 2.75) is 417 Å². The van der Waals surface area contributed by atoms with Gasteiger partial charge in [-0.15, -0.1) is 0 Å². The van der Waals surface area contributed by atoms with Gasteiger partial charge in [-0.3, -0.25) is 9.59 Å². The van der Waals surface area contributed by atoms with Gasteiger partial charge >= 0.3 is 5.97 Å². The van der Waals surface area contributed by atoms with Gasteiger partial charge in [0.25, 0.3) is 5.79 Å². The monoisotopic (exact) mass is 1610 g/mol. The van der Waals surface area contributed by atoms with Crippen LogP contribution >= 0.6 is 0 Å². The maximum absolute atomic E-state index is 13.6. The van der Waals surface area contributed by atoms with Crippen molar-refractivity contribution in [3.63, 3.8) is 0 Å². The molecule has 112 heavy (non-hydrogen) atoms. The number of allylic oxidation sites excluding steroid dienone is 3. The first-order valence-electron chi connectivity index (χ1n) is 41.7. The quantitative estimate of drug-likeness (QED) is 0.0304. The van der Waals surface area contributed by atoms with Gasteiger partial charge in [-0.1, -0.05) is 205 Å². The second kappa shape index (κ2) is 54.8. The molecule has 33 nitrogen and oxygen atoms in total. The number of aliphatic hydroxyl groups is 17. The smallest absolute Gasteiger partial charge is 0.364 e. The average molecular weight is 1620 g/mol. The Morgan fingerprint density at radius 1 is 0.473 bits per heavy atom. The van der Waals surface area contributed by atoms with Crippen molar-refractivity contribution in [2.24, 2.45) is 0 Å². The molecule has 2 amide bonds. The molecule has 0 aliphatic carbocycles. The number of ether oxygens (including phenoxy) is 10. The maximum atomic E-state index is 13.6. The second-order valence-corrected chi connectivity index (χ2v) is 31.0. The number of unbranched alkanes of at least 4 members (excludes halogenated alkanes) is 30. The Bertz CT molecular complexity index is 2570. The molecule has 0 radical (unpaired) electrons. The van der Waals surface area contributed by atoms with Crippen molar-refractivity contribution in [3.05, 3.63) is 24.3 Å². The number of amides is 2. The summed E-state index contributed by atoms with van der Waals surface area (Å²) in [5.41, 5.74) is 0. The lowest BCUT2D eigenvalue weighted by Gasteiger charge is -2.50. The minimum atomic E-state index is -3.00. The van der Waals surface area contributed by atoms with Gasteiger partial charge in [-0.2, -0.15) is 0 Å². The van der Waals surface area contributed by atoms with E-state index in [0.717, 1.165) is 58.3 Å². The van der Waals surface area contributed by atoms with E-state index in [-0.39, 0.29) is 12.3 Å². The van der Waals surface area contributed by atoms with Crippen molar-refractivity contribution in [1.82, 2.24) is 10.6 Å². The van der Waals surface area contributed by atoms with Gasteiger partial charge < -0.3 is 150 Å². The van der Waals surface area contributed by atoms with Crippen LogP contribution in [0.5, 0.6) is 0 Å². The van der Waals surface area contributed by atoms with Crippen LogP contribution in [0, 0.1) is 0 Å². The summed E-state index contributed by atoms with van der Waals surface area (Å²) in [7, 11) is 0. The number of carbonyl (C=O) groups is 3. The fourth-order valence-electron chi connectivity index (χ4n) is 14.9. The Hall–Kier alpha value is -3.19. The lowest BCUT2D eigenvalue weighted by molar-refractivity contribution is -0.382. The molecule has 5 aliphatic heterocycles. The van der Waals surface area contributed by atoms with Crippen LogP contribution in [0.1, 0.15) is 245 Å². The minimum absolute atomic E-state index is 0.171. The van der Waals surface area contributed by atoms with Crippen LogP contribution in [-0.2, 0) is 61.8 Å². The fourth-order valence-corrected chi connectivity index (χ4v) is 14.9. The van der Waals surface area contributed by atoms with Crippen LogP contribution < -0.4 is 10.6 Å². The predicted octanol–water partition coefficient (Wildman–Crippen LogP) is 1.71. The molecule has 10 unspecified atom stereocenters. The average Bonchev–Trinajstić information content (AvgIpc) is 0.777. The van der Waals surface area contributed by atoms with Crippen LogP contribution in [0.15, 0.2) is 24.3 Å². The second-order valence-electron chi connectivity index (χ2n) is 31.0. The summed E-state index contributed by atoms with van der Waals surface area (Å²) in [6.45, 7) is -0.264. The van der Waals surface area contributed by atoms with Crippen molar-refractivity contribution >= 4 is 17.8 Å². The highest BCUT2D eigenvalue weighted by molar-refractivity contribution is 5.76. The van der Waals surface area contributed by atoms with Crippen molar-refractivity contribution in [2.75, 3.05) is 39.6 Å². The van der Waals surface area contributed by atoms with E-state index in [1.807, 2.05) is 6.08 Å². The van der Waals surface area contributed by atoms with Gasteiger partial charge in [-0.25, -0.2) is 4.79 Å². The molecule has 0 saturated carbocycles. The van der Waals surface area contributed by atoms with Gasteiger partial charge in [0, 0.05) is 19.8 Å². The van der Waals surface area contributed by atoms with Crippen molar-refractivity contribution in [1.29, 1.82) is 0 Å². The molecule has 28 atom stereocenters. The van der Waals surface area contributed by atoms with E-state index in [0.29, 0.717) is 12.8 Å². The number of carboxylic acids is 1. The van der Waals surface area contributed by atoms with Gasteiger partial charge in [-0.05, 0) is 44.9 Å². The molecule has 20 N–H and O–H groups in total. The van der Waals surface area contributed by atoms with E-state index in [1.54, 1.807) is 6.08 Å². The topological polar surface area (TPSA) is 532 Å². The number of hydrogen-bond acceptors (Lipinski definition) is 30. The van der Waals surface area contributed by atoms with E-state index in [9.17, 15) is 106 Å². The molecular formula is C79H142N2O31. The summed E-state index contributed by atoms with van der Waals surface area (Å²) in [4.78, 5) is 39.3. The molecule has 33 heteroatoms. The Morgan fingerprint density at radius 3 is 1.41 bits per heavy atom. The van der Waals surface area contributed by atoms with Crippen LogP contribution in [0.3, 0.4) is 0 Å². The Kier molecular flexibility index (Phi) is 48.6. The predicted molar refractivity (Wildman–Crippen MR) is 404 cm³/mol. The normalized spacial score (nSPS) is 33.7. The molecule has 5 aliphatic rings. The zero-order chi connectivity index (χ0) is 82.1. The van der Waals surface area contributed by atoms with Gasteiger partial charge in [0.05, 0.1) is 57.9 Å². The third kappa shape index (κ3) is 32.5. The molecular weight excluding hydrogens is 1470 g/mol. The first-order chi connectivity index (χ1) is 53.8. The number of aliphatic carboxylic acids is 1. The Balaban J connectivity index is 1.19. The number of aliphatic hydroxyl groups excluding tert-OH is 17. The fraction of sp³-hybridized carbons (Fsp3) is 0.911. The molecule has 0 aromatic rings. The van der Waals surface area contributed by atoms with Crippen LogP contribution in [-0.4, -0.2) is 321 Å². The molecule has 0 aromatic carbocycles. The van der Waals surface area contributed by atoms with Gasteiger partial charge in [0.1, 0.15) is 122 Å². The van der Waals surface area contributed by atoms with Crippen molar-refractivity contribution < 1.29 is 154 Å². The molecule has 5 rings (SSSR count). The third-order valence-corrected chi connectivity index (χ3v) is 21.8. The maximum Gasteiger partial charge on any atom is 0.364 e. The summed E-state index contributed by atoms with van der Waals surface area (Å²) in [5, 5.41) is 202. The van der Waals surface area contributed by atoms with E-state index < -0.39 is 229 Å². The zero-order valence-corrected chi connectivity index (χ0v) is 66.2. The number of rotatable bonds is 58. The largest absolute Gasteiger partial charge is 0.477 e. The van der Waals surface area contributed by atoms with Crippen LogP contribution in [0.25, 0.3) is 0 Å². The summed E-state index contributed by atoms with van der Waals surface area (Å²) in [6.07, 6.45) is -3.95. The highest BCUT2D eigenvalue weighted by Crippen LogP contribution is 2.38. The summed E-state index contributed by atoms with van der Waals surface area (Å²) in [6, 6.07) is -2.93. The highest BCUT2D eigenvalue weighted by Gasteiger charge is 2.59. The molecule has 5 heterocycles. The third-order valence-electron chi connectivity index (χ3n) is 21.8. The summed E-state index contributed by atoms with van der Waals surface area (Å²) < 4.78 is 58.4. The molecule has 0 spiro atoms. The zero-order valence-electron chi connectivity index (χ0n) is 66.2.